The number of carbonyl (C=O) groups excluding carboxylic acids is 2. The lowest BCUT2D eigenvalue weighted by atomic mass is 10.0. The molecule has 2 unspecified atom stereocenters. The van der Waals surface area contributed by atoms with Crippen LogP contribution in [0.1, 0.15) is 40.5 Å². The van der Waals surface area contributed by atoms with E-state index in [9.17, 15) is 9.59 Å². The van der Waals surface area contributed by atoms with Gasteiger partial charge in [0.05, 0.1) is 12.3 Å². The Morgan fingerprint density at radius 2 is 2.07 bits per heavy atom. The Labute approximate surface area is 93.4 Å². The first-order valence-corrected chi connectivity index (χ1v) is 7.10. The Morgan fingerprint density at radius 1 is 1.47 bits per heavy atom. The Kier molecular flexibility index (Phi) is 3.70. The minimum absolute atomic E-state index is 0.145. The van der Waals surface area contributed by atoms with Gasteiger partial charge in [-0.1, -0.05) is 34.1 Å². The first-order valence-electron chi connectivity index (χ1n) is 5.58. The summed E-state index contributed by atoms with van der Waals surface area (Å²) in [6.07, 6.45) is 1.29. The number of rotatable bonds is 3. The van der Waals surface area contributed by atoms with Crippen LogP contribution in [0.2, 0.25) is 10.6 Å². The zero-order valence-corrected chi connectivity index (χ0v) is 11.4. The lowest BCUT2D eigenvalue weighted by Gasteiger charge is -2.26. The van der Waals surface area contributed by atoms with Gasteiger partial charge in [-0.2, -0.15) is 0 Å². The highest BCUT2D eigenvalue weighted by atomic mass is 28.2. The van der Waals surface area contributed by atoms with Crippen molar-refractivity contribution in [3.05, 3.63) is 0 Å². The van der Waals surface area contributed by atoms with E-state index in [0.29, 0.717) is 17.0 Å². The molecular formula is C11H20O3Si. The summed E-state index contributed by atoms with van der Waals surface area (Å²) in [7, 11) is -0.373. The molecule has 0 radical (unpaired) electrons. The molecule has 0 aromatic rings. The van der Waals surface area contributed by atoms with Crippen LogP contribution in [0, 0.1) is 5.92 Å². The number of cyclic esters (lactones) is 2. The number of hydrogen-bond donors (Lipinski definition) is 0. The first kappa shape index (κ1) is 12.4. The molecular weight excluding hydrogens is 208 g/mol. The lowest BCUT2D eigenvalue weighted by Crippen LogP contribution is -2.24. The van der Waals surface area contributed by atoms with Crippen LogP contribution in [-0.2, 0) is 14.3 Å². The van der Waals surface area contributed by atoms with Gasteiger partial charge >= 0.3 is 11.9 Å². The molecule has 1 aliphatic heterocycles. The van der Waals surface area contributed by atoms with Crippen LogP contribution >= 0.6 is 0 Å². The first-order chi connectivity index (χ1) is 6.83. The van der Waals surface area contributed by atoms with Gasteiger partial charge in [0.25, 0.3) is 0 Å². The van der Waals surface area contributed by atoms with E-state index in [1.807, 2.05) is 0 Å². The van der Waals surface area contributed by atoms with Gasteiger partial charge < -0.3 is 4.74 Å². The van der Waals surface area contributed by atoms with Crippen molar-refractivity contribution in [2.75, 3.05) is 0 Å². The van der Waals surface area contributed by atoms with E-state index in [0.717, 1.165) is 6.42 Å². The van der Waals surface area contributed by atoms with Crippen LogP contribution in [0.4, 0.5) is 0 Å². The third-order valence-electron chi connectivity index (χ3n) is 2.87. The van der Waals surface area contributed by atoms with Gasteiger partial charge in [0.2, 0.25) is 0 Å². The van der Waals surface area contributed by atoms with Crippen molar-refractivity contribution in [3.63, 3.8) is 0 Å². The van der Waals surface area contributed by atoms with Gasteiger partial charge in [-0.25, -0.2) is 0 Å². The largest absolute Gasteiger partial charge is 0.393 e. The number of ether oxygens (including phenoxy) is 1. The SMILES string of the molecule is CCC([SiH2]C(C)(C)C)C1CC(=O)OC1=O. The van der Waals surface area contributed by atoms with Crippen molar-refractivity contribution in [1.29, 1.82) is 0 Å². The van der Waals surface area contributed by atoms with Crippen LogP contribution < -0.4 is 0 Å². The monoisotopic (exact) mass is 228 g/mol. The van der Waals surface area contributed by atoms with Crippen molar-refractivity contribution < 1.29 is 14.3 Å². The Balaban J connectivity index is 2.67. The van der Waals surface area contributed by atoms with E-state index < -0.39 is 0 Å². The third kappa shape index (κ3) is 3.45. The Hall–Kier alpha value is -0.643. The fourth-order valence-corrected chi connectivity index (χ4v) is 4.71. The van der Waals surface area contributed by atoms with Crippen LogP contribution in [-0.4, -0.2) is 21.5 Å². The van der Waals surface area contributed by atoms with Gasteiger partial charge in [0, 0.05) is 9.52 Å². The minimum atomic E-state index is -0.373. The fraction of sp³-hybridized carbons (Fsp3) is 0.818. The molecule has 86 valence electrons. The maximum Gasteiger partial charge on any atom is 0.317 e. The number of esters is 2. The highest BCUT2D eigenvalue weighted by molar-refractivity contribution is 6.42. The molecule has 1 fully saturated rings. The van der Waals surface area contributed by atoms with Crippen molar-refractivity contribution >= 4 is 21.5 Å². The predicted octanol–water partition coefficient (Wildman–Crippen LogP) is 1.66. The predicted molar refractivity (Wildman–Crippen MR) is 61.5 cm³/mol. The normalized spacial score (nSPS) is 24.9. The number of hydrogen-bond acceptors (Lipinski definition) is 3. The van der Waals surface area contributed by atoms with E-state index in [1.165, 1.54) is 0 Å². The molecule has 15 heavy (non-hydrogen) atoms. The van der Waals surface area contributed by atoms with Gasteiger partial charge in [-0.05, 0) is 10.6 Å². The molecule has 0 aliphatic carbocycles. The summed E-state index contributed by atoms with van der Waals surface area (Å²) in [5.41, 5.74) is 0.406. The zero-order valence-electron chi connectivity index (χ0n) is 10.0. The van der Waals surface area contributed by atoms with Crippen molar-refractivity contribution in [1.82, 2.24) is 0 Å². The summed E-state index contributed by atoms with van der Waals surface area (Å²) in [4.78, 5) is 22.5. The molecule has 1 aliphatic rings. The minimum Gasteiger partial charge on any atom is -0.393 e. The summed E-state index contributed by atoms with van der Waals surface area (Å²) in [5, 5.41) is 0.326. The standard InChI is InChI=1S/C11H20O3Si/c1-5-8(15-11(2,3)4)7-6-9(12)14-10(7)13/h7-8H,5-6,15H2,1-4H3. The van der Waals surface area contributed by atoms with Crippen LogP contribution in [0.15, 0.2) is 0 Å². The zero-order chi connectivity index (χ0) is 11.6. The quantitative estimate of drug-likeness (QED) is 0.419. The van der Waals surface area contributed by atoms with E-state index in [4.69, 9.17) is 0 Å². The average Bonchev–Trinajstić information content (AvgIpc) is 2.39. The Morgan fingerprint density at radius 3 is 2.40 bits per heavy atom. The maximum absolute atomic E-state index is 11.5. The fourth-order valence-electron chi connectivity index (χ4n) is 2.21. The summed E-state index contributed by atoms with van der Waals surface area (Å²) in [5.74, 6) is -0.775. The molecule has 4 heteroatoms. The molecule has 1 heterocycles. The van der Waals surface area contributed by atoms with Gasteiger partial charge in [0.1, 0.15) is 0 Å². The smallest absolute Gasteiger partial charge is 0.317 e. The summed E-state index contributed by atoms with van der Waals surface area (Å²) < 4.78 is 4.62. The third-order valence-corrected chi connectivity index (χ3v) is 5.77. The highest BCUT2D eigenvalue weighted by Crippen LogP contribution is 2.37. The lowest BCUT2D eigenvalue weighted by molar-refractivity contribution is -0.153. The molecule has 0 spiro atoms. The molecule has 0 amide bonds. The van der Waals surface area contributed by atoms with E-state index >= 15 is 0 Å². The van der Waals surface area contributed by atoms with E-state index in [1.54, 1.807) is 0 Å². The highest BCUT2D eigenvalue weighted by Gasteiger charge is 2.39. The van der Waals surface area contributed by atoms with Crippen LogP contribution in [0.3, 0.4) is 0 Å². The molecule has 0 aromatic carbocycles. The molecule has 1 saturated heterocycles. The number of carbonyl (C=O) groups is 2. The van der Waals surface area contributed by atoms with Crippen LogP contribution in [0.25, 0.3) is 0 Å². The average molecular weight is 228 g/mol. The molecule has 0 N–H and O–H groups in total. The topological polar surface area (TPSA) is 43.4 Å². The van der Waals surface area contributed by atoms with Crippen molar-refractivity contribution in [2.45, 2.75) is 51.1 Å². The molecule has 1 rings (SSSR count). The molecule has 0 aromatic heterocycles. The van der Waals surface area contributed by atoms with Crippen molar-refractivity contribution in [3.8, 4) is 0 Å². The molecule has 0 bridgehead atoms. The van der Waals surface area contributed by atoms with E-state index in [2.05, 4.69) is 32.4 Å². The summed E-state index contributed by atoms with van der Waals surface area (Å²) in [6.45, 7) is 8.73. The second-order valence-corrected chi connectivity index (χ2v) is 9.12. The van der Waals surface area contributed by atoms with Crippen molar-refractivity contribution in [2.24, 2.45) is 5.92 Å². The molecule has 0 saturated carbocycles. The van der Waals surface area contributed by atoms with Gasteiger partial charge in [-0.15, -0.1) is 0 Å². The Bertz CT molecular complexity index is 267. The second kappa shape index (κ2) is 4.47. The van der Waals surface area contributed by atoms with Gasteiger partial charge in [-0.3, -0.25) is 9.59 Å². The molecule has 3 nitrogen and oxygen atoms in total. The summed E-state index contributed by atoms with van der Waals surface area (Å²) >= 11 is 0. The molecule has 2 atom stereocenters. The van der Waals surface area contributed by atoms with E-state index in [-0.39, 0.29) is 27.4 Å². The van der Waals surface area contributed by atoms with Crippen LogP contribution in [0.5, 0.6) is 0 Å². The second-order valence-electron chi connectivity index (χ2n) is 5.54. The summed E-state index contributed by atoms with van der Waals surface area (Å²) in [6, 6.07) is 0. The maximum atomic E-state index is 11.5. The van der Waals surface area contributed by atoms with Gasteiger partial charge in [0.15, 0.2) is 0 Å².